The molecule has 4 heteroatoms. The zero-order chi connectivity index (χ0) is 14.9. The van der Waals surface area contributed by atoms with Crippen LogP contribution in [0.4, 0.5) is 0 Å². The lowest BCUT2D eigenvalue weighted by Crippen LogP contribution is -2.42. The molecule has 0 amide bonds. The Balaban J connectivity index is 1.59. The first-order chi connectivity index (χ1) is 10.0. The van der Waals surface area contributed by atoms with Gasteiger partial charge in [-0.25, -0.2) is 0 Å². The van der Waals surface area contributed by atoms with Gasteiger partial charge in [-0.05, 0) is 43.9 Å². The van der Waals surface area contributed by atoms with Crippen molar-refractivity contribution in [2.75, 3.05) is 18.8 Å². The van der Waals surface area contributed by atoms with Crippen LogP contribution in [0.5, 0.6) is 0 Å². The molecule has 1 aliphatic heterocycles. The fourth-order valence-electron chi connectivity index (χ4n) is 2.87. The van der Waals surface area contributed by atoms with Crippen molar-refractivity contribution in [3.05, 3.63) is 33.8 Å². The highest BCUT2D eigenvalue weighted by molar-refractivity contribution is 9.10. The smallest absolute Gasteiger partial charge is 0.0245 e. The van der Waals surface area contributed by atoms with E-state index in [9.17, 15) is 0 Å². The monoisotopic (exact) mass is 368 g/mol. The molecular formula is C17H25BrN2S. The molecule has 3 rings (SSSR count). The van der Waals surface area contributed by atoms with Gasteiger partial charge in [0, 0.05) is 47.2 Å². The number of hydrogen-bond acceptors (Lipinski definition) is 3. The first-order valence-electron chi connectivity index (χ1n) is 7.89. The maximum absolute atomic E-state index is 3.77. The van der Waals surface area contributed by atoms with Crippen LogP contribution in [0, 0.1) is 0 Å². The minimum Gasteiger partial charge on any atom is -0.310 e. The number of benzene rings is 1. The number of halogens is 1. The topological polar surface area (TPSA) is 15.3 Å². The number of nitrogens with one attached hydrogen (secondary N) is 1. The fourth-order valence-corrected chi connectivity index (χ4v) is 4.60. The van der Waals surface area contributed by atoms with E-state index in [2.05, 4.69) is 70.0 Å². The van der Waals surface area contributed by atoms with E-state index in [0.717, 1.165) is 19.1 Å². The molecule has 0 unspecified atom stereocenters. The lowest BCUT2D eigenvalue weighted by atomic mass is 10.1. The third kappa shape index (κ3) is 4.72. The zero-order valence-corrected chi connectivity index (χ0v) is 15.4. The van der Waals surface area contributed by atoms with Gasteiger partial charge in [0.25, 0.3) is 0 Å². The molecule has 1 heterocycles. The Kier molecular flexibility index (Phi) is 4.99. The summed E-state index contributed by atoms with van der Waals surface area (Å²) >= 11 is 5.86. The van der Waals surface area contributed by atoms with Crippen LogP contribution in [-0.4, -0.2) is 34.5 Å². The quantitative estimate of drug-likeness (QED) is 0.844. The van der Waals surface area contributed by atoms with Crippen LogP contribution < -0.4 is 5.32 Å². The summed E-state index contributed by atoms with van der Waals surface area (Å²) in [6.45, 7) is 9.13. The van der Waals surface area contributed by atoms with E-state index in [1.165, 1.54) is 47.3 Å². The predicted molar refractivity (Wildman–Crippen MR) is 95.8 cm³/mol. The number of rotatable bonds is 5. The highest BCUT2D eigenvalue weighted by Crippen LogP contribution is 2.31. The highest BCUT2D eigenvalue weighted by Gasteiger charge is 2.27. The van der Waals surface area contributed by atoms with Crippen molar-refractivity contribution in [1.82, 2.24) is 10.2 Å². The van der Waals surface area contributed by atoms with Gasteiger partial charge in [0.05, 0.1) is 0 Å². The van der Waals surface area contributed by atoms with Crippen molar-refractivity contribution in [3.63, 3.8) is 0 Å². The summed E-state index contributed by atoms with van der Waals surface area (Å²) in [7, 11) is 0. The summed E-state index contributed by atoms with van der Waals surface area (Å²) in [4.78, 5) is 2.58. The standard InChI is InChI=1S/C17H25BrN2S/c1-17(2)12-20(7-8-21-17)11-14-4-3-13(9-16(14)18)10-19-15-5-6-15/h3-4,9,15,19H,5-8,10-12H2,1-2H3. The molecule has 116 valence electrons. The summed E-state index contributed by atoms with van der Waals surface area (Å²) < 4.78 is 1.65. The third-order valence-corrected chi connectivity index (χ3v) is 6.22. The van der Waals surface area contributed by atoms with Gasteiger partial charge < -0.3 is 5.32 Å². The van der Waals surface area contributed by atoms with Gasteiger partial charge in [0.2, 0.25) is 0 Å². The number of nitrogens with zero attached hydrogens (tertiary/aromatic N) is 1. The van der Waals surface area contributed by atoms with Crippen LogP contribution in [0.25, 0.3) is 0 Å². The molecule has 21 heavy (non-hydrogen) atoms. The SMILES string of the molecule is CC1(C)CN(Cc2ccc(CNC3CC3)cc2Br)CCS1. The van der Waals surface area contributed by atoms with Gasteiger partial charge in [0.1, 0.15) is 0 Å². The Bertz CT molecular complexity index is 500. The molecule has 1 N–H and O–H groups in total. The molecule has 1 aromatic rings. The Morgan fingerprint density at radius 3 is 2.86 bits per heavy atom. The van der Waals surface area contributed by atoms with Crippen LogP contribution in [-0.2, 0) is 13.1 Å². The Morgan fingerprint density at radius 2 is 2.19 bits per heavy atom. The molecule has 0 bridgehead atoms. The lowest BCUT2D eigenvalue weighted by Gasteiger charge is -2.37. The zero-order valence-electron chi connectivity index (χ0n) is 13.0. The maximum atomic E-state index is 3.77. The second kappa shape index (κ2) is 6.61. The molecule has 1 aliphatic carbocycles. The first kappa shape index (κ1) is 15.9. The molecule has 0 spiro atoms. The molecule has 2 aliphatic rings. The molecule has 0 aromatic heterocycles. The molecule has 0 radical (unpaired) electrons. The van der Waals surface area contributed by atoms with Crippen molar-refractivity contribution >= 4 is 27.7 Å². The lowest BCUT2D eigenvalue weighted by molar-refractivity contribution is 0.252. The van der Waals surface area contributed by atoms with Crippen molar-refractivity contribution in [2.24, 2.45) is 0 Å². The van der Waals surface area contributed by atoms with Crippen molar-refractivity contribution in [3.8, 4) is 0 Å². The van der Waals surface area contributed by atoms with E-state index in [1.54, 1.807) is 0 Å². The first-order valence-corrected chi connectivity index (χ1v) is 9.67. The second-order valence-corrected chi connectivity index (χ2v) is 9.56. The summed E-state index contributed by atoms with van der Waals surface area (Å²) in [5.74, 6) is 1.24. The predicted octanol–water partition coefficient (Wildman–Crippen LogP) is 4.03. The van der Waals surface area contributed by atoms with E-state index in [1.807, 2.05) is 0 Å². The van der Waals surface area contributed by atoms with Gasteiger partial charge in [-0.15, -0.1) is 0 Å². The average Bonchev–Trinajstić information content (AvgIpc) is 3.22. The summed E-state index contributed by atoms with van der Waals surface area (Å²) in [5.41, 5.74) is 2.79. The summed E-state index contributed by atoms with van der Waals surface area (Å²) in [6.07, 6.45) is 2.70. The Morgan fingerprint density at radius 1 is 1.38 bits per heavy atom. The molecule has 0 atom stereocenters. The van der Waals surface area contributed by atoms with E-state index in [0.29, 0.717) is 4.75 Å². The van der Waals surface area contributed by atoms with Crippen molar-refractivity contribution in [1.29, 1.82) is 0 Å². The molecular weight excluding hydrogens is 344 g/mol. The second-order valence-electron chi connectivity index (χ2n) is 6.90. The minimum atomic E-state index is 0.388. The van der Waals surface area contributed by atoms with Crippen LogP contribution in [0.15, 0.2) is 22.7 Å². The van der Waals surface area contributed by atoms with Gasteiger partial charge in [-0.3, -0.25) is 4.90 Å². The van der Waals surface area contributed by atoms with E-state index >= 15 is 0 Å². The van der Waals surface area contributed by atoms with E-state index < -0.39 is 0 Å². The number of hydrogen-bond donors (Lipinski definition) is 1. The summed E-state index contributed by atoms with van der Waals surface area (Å²) in [5, 5.41) is 3.58. The Labute approximate surface area is 141 Å². The largest absolute Gasteiger partial charge is 0.310 e. The van der Waals surface area contributed by atoms with Crippen LogP contribution >= 0.6 is 27.7 Å². The molecule has 2 nitrogen and oxygen atoms in total. The van der Waals surface area contributed by atoms with Gasteiger partial charge in [-0.2, -0.15) is 11.8 Å². The van der Waals surface area contributed by atoms with E-state index in [4.69, 9.17) is 0 Å². The summed E-state index contributed by atoms with van der Waals surface area (Å²) in [6, 6.07) is 7.63. The van der Waals surface area contributed by atoms with Crippen LogP contribution in [0.2, 0.25) is 0 Å². The number of thioether (sulfide) groups is 1. The molecule has 1 aromatic carbocycles. The van der Waals surface area contributed by atoms with Crippen molar-refractivity contribution in [2.45, 2.75) is 50.6 Å². The normalized spacial score (nSPS) is 22.4. The van der Waals surface area contributed by atoms with Gasteiger partial charge in [-0.1, -0.05) is 28.1 Å². The highest BCUT2D eigenvalue weighted by atomic mass is 79.9. The molecule has 1 saturated heterocycles. The van der Waals surface area contributed by atoms with Gasteiger partial charge >= 0.3 is 0 Å². The fraction of sp³-hybridized carbons (Fsp3) is 0.647. The van der Waals surface area contributed by atoms with Gasteiger partial charge in [0.15, 0.2) is 0 Å². The maximum Gasteiger partial charge on any atom is 0.0245 e. The van der Waals surface area contributed by atoms with E-state index in [-0.39, 0.29) is 0 Å². The Hall–Kier alpha value is -0.0300. The minimum absolute atomic E-state index is 0.388. The molecule has 1 saturated carbocycles. The average molecular weight is 369 g/mol. The van der Waals surface area contributed by atoms with Crippen molar-refractivity contribution < 1.29 is 0 Å². The van der Waals surface area contributed by atoms with Crippen LogP contribution in [0.1, 0.15) is 37.8 Å². The molecule has 2 fully saturated rings. The van der Waals surface area contributed by atoms with Crippen LogP contribution in [0.3, 0.4) is 0 Å². The third-order valence-electron chi connectivity index (χ3n) is 4.19.